The minimum absolute atomic E-state index is 0.0268. The molecule has 4 unspecified atom stereocenters. The highest BCUT2D eigenvalue weighted by molar-refractivity contribution is 5.83. The van der Waals surface area contributed by atoms with Crippen molar-refractivity contribution in [2.24, 2.45) is 5.41 Å². The lowest BCUT2D eigenvalue weighted by Crippen LogP contribution is -2.55. The van der Waals surface area contributed by atoms with E-state index in [-0.39, 0.29) is 34.8 Å². The number of benzene rings is 1. The largest absolute Gasteiger partial charge is 0.382 e. The first-order valence-corrected chi connectivity index (χ1v) is 14.2. The van der Waals surface area contributed by atoms with E-state index in [1.165, 1.54) is 6.07 Å². The van der Waals surface area contributed by atoms with Crippen molar-refractivity contribution in [3.63, 3.8) is 0 Å². The van der Waals surface area contributed by atoms with Crippen LogP contribution >= 0.6 is 0 Å². The van der Waals surface area contributed by atoms with Crippen molar-refractivity contribution < 1.29 is 15.4 Å². The molecule has 39 heavy (non-hydrogen) atoms. The van der Waals surface area contributed by atoms with E-state index in [0.717, 1.165) is 24.0 Å². The van der Waals surface area contributed by atoms with E-state index in [1.54, 1.807) is 38.3 Å². The zero-order chi connectivity index (χ0) is 29.4. The molecule has 1 saturated heterocycles. The van der Waals surface area contributed by atoms with Crippen LogP contribution in [-0.4, -0.2) is 43.3 Å². The van der Waals surface area contributed by atoms with E-state index < -0.39 is 11.5 Å². The Morgan fingerprint density at radius 1 is 1.26 bits per heavy atom. The first kappa shape index (κ1) is 26.6. The predicted molar refractivity (Wildman–Crippen MR) is 151 cm³/mol. The second-order valence-corrected chi connectivity index (χ2v) is 12.8. The minimum atomic E-state index is -1.18. The first-order chi connectivity index (χ1) is 18.6. The van der Waals surface area contributed by atoms with Crippen LogP contribution in [-0.2, 0) is 18.6 Å². The number of hydrogen-bond donors (Lipinski definition) is 1. The lowest BCUT2D eigenvalue weighted by Gasteiger charge is -2.51. The normalized spacial score (nSPS) is 26.9. The van der Waals surface area contributed by atoms with Crippen molar-refractivity contribution in [3.8, 4) is 0 Å². The monoisotopic (exact) mass is 539 g/mol. The highest BCUT2D eigenvalue weighted by Crippen LogP contribution is 2.48. The quantitative estimate of drug-likeness (QED) is 0.442. The Labute approximate surface area is 231 Å². The fourth-order valence-corrected chi connectivity index (χ4v) is 6.95. The second-order valence-electron chi connectivity index (χ2n) is 12.8. The lowest BCUT2D eigenvalue weighted by atomic mass is 9.66. The van der Waals surface area contributed by atoms with Gasteiger partial charge in [0.15, 0.2) is 5.58 Å². The third kappa shape index (κ3) is 4.53. The summed E-state index contributed by atoms with van der Waals surface area (Å²) in [5, 5.41) is 16.3. The number of rotatable bonds is 5. The number of nitrogens with zero attached hydrogens (tertiary/aromatic N) is 4. The van der Waals surface area contributed by atoms with Crippen LogP contribution < -0.4 is 5.56 Å². The molecule has 0 radical (unpaired) electrons. The molecule has 0 saturated carbocycles. The molecule has 0 spiro atoms. The molecule has 8 heteroatoms. The molecular formula is C31H43FN4O3. The van der Waals surface area contributed by atoms with E-state index >= 15 is 0 Å². The van der Waals surface area contributed by atoms with Crippen LogP contribution in [0.1, 0.15) is 109 Å². The summed E-state index contributed by atoms with van der Waals surface area (Å²) in [4.78, 5) is 21.1. The summed E-state index contributed by atoms with van der Waals surface area (Å²) in [7, 11) is 0. The second kappa shape index (κ2) is 9.81. The van der Waals surface area contributed by atoms with Crippen LogP contribution in [0.2, 0.25) is 0 Å². The molecule has 0 amide bonds. The number of aromatic nitrogens is 3. The van der Waals surface area contributed by atoms with Gasteiger partial charge >= 0.3 is 0 Å². The molecule has 4 heterocycles. The highest BCUT2D eigenvalue weighted by atomic mass is 19.1. The van der Waals surface area contributed by atoms with Crippen LogP contribution in [0.25, 0.3) is 11.0 Å². The summed E-state index contributed by atoms with van der Waals surface area (Å²) >= 11 is 0. The van der Waals surface area contributed by atoms with Crippen LogP contribution in [0.5, 0.6) is 0 Å². The number of aliphatic hydroxyl groups is 1. The van der Waals surface area contributed by atoms with Gasteiger partial charge in [0.2, 0.25) is 0 Å². The van der Waals surface area contributed by atoms with Gasteiger partial charge in [0.1, 0.15) is 17.2 Å². The average molecular weight is 540 g/mol. The molecule has 2 aliphatic heterocycles. The van der Waals surface area contributed by atoms with Crippen LogP contribution in [0.3, 0.4) is 0 Å². The topological polar surface area (TPSA) is 84.4 Å². The van der Waals surface area contributed by atoms with E-state index in [0.29, 0.717) is 54.0 Å². The molecule has 1 fully saturated rings. The van der Waals surface area contributed by atoms with E-state index in [4.69, 9.17) is 10.9 Å². The Bertz CT molecular complexity index is 1500. The van der Waals surface area contributed by atoms with Gasteiger partial charge in [-0.05, 0) is 83.4 Å². The van der Waals surface area contributed by atoms with Gasteiger partial charge in [-0.25, -0.2) is 9.37 Å². The first-order valence-electron chi connectivity index (χ1n) is 14.7. The van der Waals surface area contributed by atoms with Crippen molar-refractivity contribution in [3.05, 3.63) is 56.6 Å². The van der Waals surface area contributed by atoms with Crippen molar-refractivity contribution in [2.45, 2.75) is 117 Å². The van der Waals surface area contributed by atoms with Crippen molar-refractivity contribution in [1.82, 2.24) is 19.6 Å². The molecule has 2 aliphatic rings. The molecule has 4 atom stereocenters. The van der Waals surface area contributed by atoms with Crippen molar-refractivity contribution in [2.75, 3.05) is 6.54 Å². The van der Waals surface area contributed by atoms with Gasteiger partial charge in [-0.1, -0.05) is 32.9 Å². The Balaban J connectivity index is 1.46. The number of likely N-dealkylation sites (tertiary alicyclic amines) is 1. The Hall–Kier alpha value is -2.58. The molecule has 5 rings (SSSR count). The zero-order valence-corrected chi connectivity index (χ0v) is 24.6. The predicted octanol–water partition coefficient (Wildman–Crippen LogP) is 5.79. The number of hydrogen-bond acceptors (Lipinski definition) is 6. The number of halogens is 1. The van der Waals surface area contributed by atoms with Crippen LogP contribution in [0.15, 0.2) is 21.5 Å². The average Bonchev–Trinajstić information content (AvgIpc) is 3.28. The Morgan fingerprint density at radius 3 is 2.67 bits per heavy atom. The van der Waals surface area contributed by atoms with Gasteiger partial charge < -0.3 is 9.63 Å². The Kier molecular flexibility index (Phi) is 6.70. The third-order valence-electron chi connectivity index (χ3n) is 9.66. The number of fused-ring (bicyclic) bond motifs is 2. The summed E-state index contributed by atoms with van der Waals surface area (Å²) < 4.78 is 30.2. The third-order valence-corrected chi connectivity index (χ3v) is 9.66. The van der Waals surface area contributed by atoms with Gasteiger partial charge in [-0.15, -0.1) is 0 Å². The van der Waals surface area contributed by atoms with Crippen molar-refractivity contribution >= 4 is 11.0 Å². The van der Waals surface area contributed by atoms with E-state index in [9.17, 15) is 14.3 Å². The Morgan fingerprint density at radius 2 is 1.97 bits per heavy atom. The maximum Gasteiger partial charge on any atom is 0.257 e. The maximum atomic E-state index is 14.1. The maximum absolute atomic E-state index is 14.1. The number of piperidine rings is 1. The fraction of sp³-hybridized carbons (Fsp3) is 0.645. The SMILES string of the molecule is [2H]C(C)(C)c1nc2n(c(=O)c1CC(C)N1CCC(c3noc4c(C)c(F)ccc34)C(C)(C)C1C)CCCC2(C)O. The molecule has 2 aromatic heterocycles. The van der Waals surface area contributed by atoms with Crippen LogP contribution in [0.4, 0.5) is 4.39 Å². The van der Waals surface area contributed by atoms with Crippen molar-refractivity contribution in [1.29, 1.82) is 0 Å². The summed E-state index contributed by atoms with van der Waals surface area (Å²) in [5.41, 5.74) is 1.40. The smallest absolute Gasteiger partial charge is 0.257 e. The standard InChI is InChI=1S/C31H43FN4O3/c1-17(2)25-22(28(37)36-14-9-13-31(8,38)29(36)33-25)16-18(3)35-15-12-23(30(6,7)20(35)5)26-21-10-11-24(32)19(4)27(21)39-34-26/h10-11,17-18,20,23,38H,9,12-16H2,1-8H3/i17D. The molecule has 0 bridgehead atoms. The molecule has 212 valence electrons. The van der Waals surface area contributed by atoms with Gasteiger partial charge in [-0.3, -0.25) is 14.3 Å². The summed E-state index contributed by atoms with van der Waals surface area (Å²) in [6.07, 6.45) is 2.58. The van der Waals surface area contributed by atoms with E-state index in [2.05, 4.69) is 37.8 Å². The minimum Gasteiger partial charge on any atom is -0.382 e. The summed E-state index contributed by atoms with van der Waals surface area (Å²) in [5.74, 6) is -0.877. The van der Waals surface area contributed by atoms with Gasteiger partial charge in [0.05, 0.1) is 11.4 Å². The number of aryl methyl sites for hydroxylation is 1. The lowest BCUT2D eigenvalue weighted by molar-refractivity contribution is 0.00200. The summed E-state index contributed by atoms with van der Waals surface area (Å²) in [6.45, 7) is 17.1. The molecule has 1 N–H and O–H groups in total. The van der Waals surface area contributed by atoms with Gasteiger partial charge in [0.25, 0.3) is 5.56 Å². The van der Waals surface area contributed by atoms with Crippen LogP contribution in [0, 0.1) is 18.2 Å². The van der Waals surface area contributed by atoms with Gasteiger partial charge in [0, 0.05) is 42.4 Å². The van der Waals surface area contributed by atoms with Gasteiger partial charge in [-0.2, -0.15) is 0 Å². The molecular weight excluding hydrogens is 495 g/mol. The molecule has 7 nitrogen and oxygen atoms in total. The zero-order valence-electron chi connectivity index (χ0n) is 25.6. The molecule has 3 aromatic rings. The fourth-order valence-electron chi connectivity index (χ4n) is 6.95. The van der Waals surface area contributed by atoms with E-state index in [1.807, 2.05) is 0 Å². The molecule has 1 aromatic carbocycles. The highest BCUT2D eigenvalue weighted by Gasteiger charge is 2.46. The molecule has 0 aliphatic carbocycles. The summed E-state index contributed by atoms with van der Waals surface area (Å²) in [6, 6.07) is 3.44.